The summed E-state index contributed by atoms with van der Waals surface area (Å²) in [6, 6.07) is 8.90. The molecule has 1 fully saturated rings. The van der Waals surface area contributed by atoms with E-state index in [9.17, 15) is 0 Å². The van der Waals surface area contributed by atoms with Crippen molar-refractivity contribution in [3.05, 3.63) is 29.8 Å². The Bertz CT molecular complexity index is 340. The van der Waals surface area contributed by atoms with Gasteiger partial charge in [-0.15, -0.1) is 0 Å². The number of nitrogens with two attached hydrogens (primary N) is 1. The number of hydrogen-bond donors (Lipinski definition) is 2. The molecule has 3 heteroatoms. The predicted molar refractivity (Wildman–Crippen MR) is 65.8 cm³/mol. The first kappa shape index (κ1) is 11.4. The fraction of sp³-hybridized carbons (Fsp3) is 0.538. The Morgan fingerprint density at radius 1 is 1.50 bits per heavy atom. The molecule has 0 aromatic heterocycles. The third-order valence-electron chi connectivity index (χ3n) is 3.35. The van der Waals surface area contributed by atoms with E-state index in [0.717, 1.165) is 25.3 Å². The molecule has 0 radical (unpaired) electrons. The molecular weight excluding hydrogens is 200 g/mol. The van der Waals surface area contributed by atoms with Crippen molar-refractivity contribution in [1.82, 2.24) is 5.32 Å². The van der Waals surface area contributed by atoms with Crippen LogP contribution in [0.25, 0.3) is 0 Å². The summed E-state index contributed by atoms with van der Waals surface area (Å²) in [5.74, 6) is 1.52. The summed E-state index contributed by atoms with van der Waals surface area (Å²) in [6.45, 7) is 1.84. The van der Waals surface area contributed by atoms with Crippen LogP contribution in [0.15, 0.2) is 24.3 Å². The Balaban J connectivity index is 2.15. The zero-order valence-electron chi connectivity index (χ0n) is 9.78. The maximum atomic E-state index is 5.64. The summed E-state index contributed by atoms with van der Waals surface area (Å²) in [7, 11) is 1.71. The molecule has 1 aromatic rings. The second-order valence-electron chi connectivity index (χ2n) is 4.31. The quantitative estimate of drug-likeness (QED) is 0.808. The summed E-state index contributed by atoms with van der Waals surface area (Å²) in [5.41, 5.74) is 7.00. The Kier molecular flexibility index (Phi) is 3.80. The zero-order chi connectivity index (χ0) is 11.4. The third-order valence-corrected chi connectivity index (χ3v) is 3.35. The second-order valence-corrected chi connectivity index (χ2v) is 4.31. The third kappa shape index (κ3) is 2.36. The first-order valence-corrected chi connectivity index (χ1v) is 5.92. The van der Waals surface area contributed by atoms with Crippen LogP contribution in [-0.4, -0.2) is 26.2 Å². The molecule has 0 saturated carbocycles. The fourth-order valence-electron chi connectivity index (χ4n) is 2.52. The van der Waals surface area contributed by atoms with Crippen LogP contribution in [0.1, 0.15) is 24.3 Å². The van der Waals surface area contributed by atoms with E-state index >= 15 is 0 Å². The number of ether oxygens (including phenoxy) is 1. The lowest BCUT2D eigenvalue weighted by Gasteiger charge is -2.19. The lowest BCUT2D eigenvalue weighted by molar-refractivity contribution is 0.413. The molecule has 1 aliphatic heterocycles. The average Bonchev–Trinajstić information content (AvgIpc) is 2.78. The summed E-state index contributed by atoms with van der Waals surface area (Å²) in [4.78, 5) is 0. The van der Waals surface area contributed by atoms with Gasteiger partial charge >= 0.3 is 0 Å². The van der Waals surface area contributed by atoms with Crippen molar-refractivity contribution in [2.45, 2.75) is 24.8 Å². The van der Waals surface area contributed by atoms with Crippen molar-refractivity contribution >= 4 is 0 Å². The molecule has 16 heavy (non-hydrogen) atoms. The molecular formula is C13H20N2O. The minimum Gasteiger partial charge on any atom is -0.497 e. The van der Waals surface area contributed by atoms with Crippen molar-refractivity contribution in [3.8, 4) is 5.75 Å². The molecule has 88 valence electrons. The summed E-state index contributed by atoms with van der Waals surface area (Å²) in [6.07, 6.45) is 2.24. The second kappa shape index (κ2) is 5.32. The zero-order valence-corrected chi connectivity index (χ0v) is 9.78. The van der Waals surface area contributed by atoms with Crippen LogP contribution in [0.3, 0.4) is 0 Å². The Labute approximate surface area is 97.0 Å². The number of hydrogen-bond acceptors (Lipinski definition) is 3. The predicted octanol–water partition coefficient (Wildman–Crippen LogP) is 1.49. The van der Waals surface area contributed by atoms with E-state index in [1.165, 1.54) is 12.0 Å². The first-order valence-electron chi connectivity index (χ1n) is 5.92. The minimum atomic E-state index is 0.525. The molecule has 3 N–H and O–H groups in total. The number of methoxy groups -OCH3 is 1. The van der Waals surface area contributed by atoms with Crippen molar-refractivity contribution in [1.29, 1.82) is 0 Å². The van der Waals surface area contributed by atoms with Gasteiger partial charge in [0, 0.05) is 12.0 Å². The molecule has 1 heterocycles. The SMILES string of the molecule is COc1cccc(C2CCNC2CCN)c1. The topological polar surface area (TPSA) is 47.3 Å². The van der Waals surface area contributed by atoms with Crippen LogP contribution >= 0.6 is 0 Å². The number of benzene rings is 1. The first-order chi connectivity index (χ1) is 7.85. The highest BCUT2D eigenvalue weighted by molar-refractivity contribution is 5.32. The van der Waals surface area contributed by atoms with E-state index in [1.807, 2.05) is 6.07 Å². The average molecular weight is 220 g/mol. The number of rotatable bonds is 4. The largest absolute Gasteiger partial charge is 0.497 e. The molecule has 0 amide bonds. The van der Waals surface area contributed by atoms with E-state index < -0.39 is 0 Å². The smallest absolute Gasteiger partial charge is 0.119 e. The molecule has 0 bridgehead atoms. The fourth-order valence-corrected chi connectivity index (χ4v) is 2.52. The summed E-state index contributed by atoms with van der Waals surface area (Å²) >= 11 is 0. The molecule has 1 aromatic carbocycles. The van der Waals surface area contributed by atoms with Crippen LogP contribution in [0.2, 0.25) is 0 Å². The molecule has 1 aliphatic rings. The van der Waals surface area contributed by atoms with Gasteiger partial charge in [-0.3, -0.25) is 0 Å². The van der Waals surface area contributed by atoms with Gasteiger partial charge in [0.15, 0.2) is 0 Å². The van der Waals surface area contributed by atoms with Gasteiger partial charge in [-0.2, -0.15) is 0 Å². The van der Waals surface area contributed by atoms with E-state index in [4.69, 9.17) is 10.5 Å². The summed E-state index contributed by atoms with van der Waals surface area (Å²) < 4.78 is 5.26. The van der Waals surface area contributed by atoms with Crippen molar-refractivity contribution < 1.29 is 4.74 Å². The van der Waals surface area contributed by atoms with E-state index in [0.29, 0.717) is 12.0 Å². The molecule has 2 unspecified atom stereocenters. The van der Waals surface area contributed by atoms with Crippen molar-refractivity contribution in [2.24, 2.45) is 5.73 Å². The van der Waals surface area contributed by atoms with Gasteiger partial charge in [0.1, 0.15) is 5.75 Å². The van der Waals surface area contributed by atoms with Gasteiger partial charge in [0.2, 0.25) is 0 Å². The van der Waals surface area contributed by atoms with Gasteiger partial charge in [0.25, 0.3) is 0 Å². The molecule has 3 nitrogen and oxygen atoms in total. The van der Waals surface area contributed by atoms with Crippen LogP contribution in [0, 0.1) is 0 Å². The molecule has 0 spiro atoms. The van der Waals surface area contributed by atoms with Gasteiger partial charge in [-0.05, 0) is 43.6 Å². The van der Waals surface area contributed by atoms with Crippen LogP contribution in [0.4, 0.5) is 0 Å². The van der Waals surface area contributed by atoms with Gasteiger partial charge in [0.05, 0.1) is 7.11 Å². The Morgan fingerprint density at radius 3 is 3.12 bits per heavy atom. The van der Waals surface area contributed by atoms with Gasteiger partial charge in [-0.25, -0.2) is 0 Å². The normalized spacial score (nSPS) is 24.6. The van der Waals surface area contributed by atoms with E-state index in [1.54, 1.807) is 7.11 Å². The van der Waals surface area contributed by atoms with E-state index in [2.05, 4.69) is 23.5 Å². The highest BCUT2D eigenvalue weighted by atomic mass is 16.5. The lowest BCUT2D eigenvalue weighted by Crippen LogP contribution is -2.28. The van der Waals surface area contributed by atoms with E-state index in [-0.39, 0.29) is 0 Å². The van der Waals surface area contributed by atoms with Crippen LogP contribution in [-0.2, 0) is 0 Å². The summed E-state index contributed by atoms with van der Waals surface area (Å²) in [5, 5.41) is 3.52. The molecule has 2 atom stereocenters. The highest BCUT2D eigenvalue weighted by Gasteiger charge is 2.27. The van der Waals surface area contributed by atoms with Gasteiger partial charge in [-0.1, -0.05) is 12.1 Å². The number of nitrogens with one attached hydrogen (secondary N) is 1. The Morgan fingerprint density at radius 2 is 2.38 bits per heavy atom. The van der Waals surface area contributed by atoms with Crippen LogP contribution < -0.4 is 15.8 Å². The maximum Gasteiger partial charge on any atom is 0.119 e. The van der Waals surface area contributed by atoms with Gasteiger partial charge < -0.3 is 15.8 Å². The van der Waals surface area contributed by atoms with Crippen molar-refractivity contribution in [2.75, 3.05) is 20.2 Å². The highest BCUT2D eigenvalue weighted by Crippen LogP contribution is 2.30. The maximum absolute atomic E-state index is 5.64. The molecule has 2 rings (SSSR count). The van der Waals surface area contributed by atoms with Crippen molar-refractivity contribution in [3.63, 3.8) is 0 Å². The minimum absolute atomic E-state index is 0.525. The van der Waals surface area contributed by atoms with Crippen LogP contribution in [0.5, 0.6) is 5.75 Å². The molecule has 0 aliphatic carbocycles. The lowest BCUT2D eigenvalue weighted by atomic mass is 9.90. The monoisotopic (exact) mass is 220 g/mol. The Hall–Kier alpha value is -1.06. The molecule has 1 saturated heterocycles. The standard InChI is InChI=1S/C13H20N2O/c1-16-11-4-2-3-10(9-11)12-6-8-15-13(12)5-7-14/h2-4,9,12-13,15H,5-8,14H2,1H3.